The predicted molar refractivity (Wildman–Crippen MR) is 114 cm³/mol. The molecule has 3 aromatic rings. The van der Waals surface area contributed by atoms with Crippen LogP contribution in [-0.2, 0) is 6.54 Å². The Bertz CT molecular complexity index is 1040. The quantitative estimate of drug-likeness (QED) is 0.477. The minimum absolute atomic E-state index is 0.104. The van der Waals surface area contributed by atoms with E-state index in [1.165, 1.54) is 6.33 Å². The van der Waals surface area contributed by atoms with Gasteiger partial charge in [-0.05, 0) is 30.2 Å². The van der Waals surface area contributed by atoms with E-state index in [0.29, 0.717) is 18.9 Å². The average Bonchev–Trinajstić information content (AvgIpc) is 3.14. The number of carbonyl (C=O) groups is 1. The van der Waals surface area contributed by atoms with Gasteiger partial charge < -0.3 is 26.8 Å². The maximum absolute atomic E-state index is 11.3. The van der Waals surface area contributed by atoms with Crippen molar-refractivity contribution in [2.75, 3.05) is 25.5 Å². The normalized spacial score (nSPS) is 19.5. The van der Waals surface area contributed by atoms with Crippen LogP contribution in [0.1, 0.15) is 12.0 Å². The molecule has 4 rings (SSSR count). The fourth-order valence-electron chi connectivity index (χ4n) is 3.83. The molecule has 0 aliphatic carbocycles. The van der Waals surface area contributed by atoms with Crippen molar-refractivity contribution < 1.29 is 9.53 Å². The number of benzene rings is 1. The van der Waals surface area contributed by atoms with E-state index in [2.05, 4.69) is 25.6 Å². The number of likely N-dealkylation sites (tertiary alicyclic amines) is 1. The topological polar surface area (TPSA) is 136 Å². The Morgan fingerprint density at radius 2 is 2.23 bits per heavy atom. The number of nitrogens with zero attached hydrogens (tertiary/aromatic N) is 4. The lowest BCUT2D eigenvalue weighted by molar-refractivity contribution is 0.167. The van der Waals surface area contributed by atoms with Crippen LogP contribution in [0.15, 0.2) is 42.9 Å². The summed E-state index contributed by atoms with van der Waals surface area (Å²) in [5.74, 6) is 1.47. The molecule has 3 heterocycles. The van der Waals surface area contributed by atoms with Gasteiger partial charge in [0.2, 0.25) is 0 Å². The van der Waals surface area contributed by atoms with Gasteiger partial charge in [0.1, 0.15) is 17.6 Å². The van der Waals surface area contributed by atoms with Gasteiger partial charge >= 0.3 is 6.03 Å². The first kappa shape index (κ1) is 19.9. The van der Waals surface area contributed by atoms with Crippen LogP contribution in [-0.4, -0.2) is 57.8 Å². The molecule has 2 atom stereocenters. The summed E-state index contributed by atoms with van der Waals surface area (Å²) in [7, 11) is 1.64. The summed E-state index contributed by atoms with van der Waals surface area (Å²) in [6, 6.07) is 8.88. The second-order valence-electron chi connectivity index (χ2n) is 7.40. The molecule has 0 spiro atoms. The largest absolute Gasteiger partial charge is 0.497 e. The van der Waals surface area contributed by atoms with Crippen LogP contribution in [0.2, 0.25) is 0 Å². The highest BCUT2D eigenvalue weighted by molar-refractivity contribution is 5.76. The van der Waals surface area contributed by atoms with E-state index in [1.54, 1.807) is 11.6 Å². The van der Waals surface area contributed by atoms with E-state index < -0.39 is 6.03 Å². The number of methoxy groups -OCH3 is 1. The minimum atomic E-state index is -0.551. The molecular weight excluding hydrogens is 384 g/mol. The van der Waals surface area contributed by atoms with E-state index in [0.717, 1.165) is 35.5 Å². The number of nitrogens with two attached hydrogens (primary N) is 2. The standard InChI is InChI=1S/C20H26N8O2/c1-30-15-4-2-3-14(9-15)25-19-18-13(5-8-28(18)24-12-23-19)10-27-7-6-16(21)17(11-27)26-20(22)29/h2-5,8-9,12,16-17H,6-7,10-11,21H2,1H3,(H3,22,26,29)(H,23,24,25)/t16-,17?/m1/s1. The van der Waals surface area contributed by atoms with Gasteiger partial charge in [0.15, 0.2) is 5.82 Å². The Labute approximate surface area is 174 Å². The van der Waals surface area contributed by atoms with Gasteiger partial charge in [-0.2, -0.15) is 5.10 Å². The maximum atomic E-state index is 11.3. The van der Waals surface area contributed by atoms with E-state index >= 15 is 0 Å². The molecule has 2 amide bonds. The molecular formula is C20H26N8O2. The highest BCUT2D eigenvalue weighted by atomic mass is 16.5. The third-order valence-electron chi connectivity index (χ3n) is 5.34. The van der Waals surface area contributed by atoms with Crippen LogP contribution >= 0.6 is 0 Å². The summed E-state index contributed by atoms with van der Waals surface area (Å²) in [6.45, 7) is 2.15. The minimum Gasteiger partial charge on any atom is -0.497 e. The number of aromatic nitrogens is 3. The van der Waals surface area contributed by atoms with Gasteiger partial charge in [0.05, 0.1) is 13.2 Å². The summed E-state index contributed by atoms with van der Waals surface area (Å²) >= 11 is 0. The molecule has 1 aliphatic heterocycles. The highest BCUT2D eigenvalue weighted by Gasteiger charge is 2.28. The lowest BCUT2D eigenvalue weighted by atomic mass is 10.00. The first-order chi connectivity index (χ1) is 14.5. The number of piperidine rings is 1. The van der Waals surface area contributed by atoms with Gasteiger partial charge in [0, 0.05) is 43.6 Å². The van der Waals surface area contributed by atoms with E-state index in [4.69, 9.17) is 16.2 Å². The van der Waals surface area contributed by atoms with E-state index in [1.807, 2.05) is 36.5 Å². The van der Waals surface area contributed by atoms with Crippen molar-refractivity contribution in [1.82, 2.24) is 24.8 Å². The molecule has 1 aliphatic rings. The first-order valence-electron chi connectivity index (χ1n) is 9.79. The van der Waals surface area contributed by atoms with Crippen molar-refractivity contribution in [2.45, 2.75) is 25.0 Å². The number of hydrogen-bond donors (Lipinski definition) is 4. The number of fused-ring (bicyclic) bond motifs is 1. The Hall–Kier alpha value is -3.37. The second-order valence-corrected chi connectivity index (χ2v) is 7.40. The Balaban J connectivity index is 1.57. The van der Waals surface area contributed by atoms with Crippen LogP contribution in [0, 0.1) is 0 Å². The monoisotopic (exact) mass is 410 g/mol. The number of carbonyl (C=O) groups excluding carboxylic acids is 1. The number of nitrogens with one attached hydrogen (secondary N) is 2. The highest BCUT2D eigenvalue weighted by Crippen LogP contribution is 2.26. The lowest BCUT2D eigenvalue weighted by Crippen LogP contribution is -2.58. The zero-order valence-electron chi connectivity index (χ0n) is 16.8. The Morgan fingerprint density at radius 1 is 1.37 bits per heavy atom. The number of amides is 2. The molecule has 0 saturated carbocycles. The molecule has 0 radical (unpaired) electrons. The SMILES string of the molecule is COc1cccc(Nc2ncnn3ccc(CN4CC[C@@H](N)C(NC(N)=O)C4)c23)c1. The summed E-state index contributed by atoms with van der Waals surface area (Å²) in [5, 5.41) is 10.4. The number of rotatable bonds is 6. The third kappa shape index (κ3) is 4.29. The fraction of sp³-hybridized carbons (Fsp3) is 0.350. The Morgan fingerprint density at radius 3 is 3.03 bits per heavy atom. The molecule has 2 aromatic heterocycles. The van der Waals surface area contributed by atoms with Gasteiger partial charge in [-0.1, -0.05) is 6.07 Å². The van der Waals surface area contributed by atoms with Crippen molar-refractivity contribution in [1.29, 1.82) is 0 Å². The number of ether oxygens (including phenoxy) is 1. The molecule has 30 heavy (non-hydrogen) atoms. The molecule has 1 saturated heterocycles. The third-order valence-corrected chi connectivity index (χ3v) is 5.34. The molecule has 10 heteroatoms. The van der Waals surface area contributed by atoms with Crippen molar-refractivity contribution in [3.63, 3.8) is 0 Å². The summed E-state index contributed by atoms with van der Waals surface area (Å²) < 4.78 is 7.11. The predicted octanol–water partition coefficient (Wildman–Crippen LogP) is 1.05. The summed E-state index contributed by atoms with van der Waals surface area (Å²) in [6.07, 6.45) is 4.21. The van der Waals surface area contributed by atoms with Crippen LogP contribution in [0.25, 0.3) is 5.52 Å². The molecule has 0 bridgehead atoms. The number of primary amides is 1. The molecule has 1 unspecified atom stereocenters. The molecule has 158 valence electrons. The number of hydrogen-bond acceptors (Lipinski definition) is 7. The number of urea groups is 1. The van der Waals surface area contributed by atoms with Crippen molar-refractivity contribution in [2.24, 2.45) is 11.5 Å². The van der Waals surface area contributed by atoms with Gasteiger partial charge in [-0.25, -0.2) is 14.3 Å². The zero-order valence-corrected chi connectivity index (χ0v) is 16.8. The van der Waals surface area contributed by atoms with Gasteiger partial charge in [0.25, 0.3) is 0 Å². The Kier molecular flexibility index (Phi) is 5.68. The van der Waals surface area contributed by atoms with Crippen LogP contribution in [0.3, 0.4) is 0 Å². The van der Waals surface area contributed by atoms with Crippen LogP contribution in [0.4, 0.5) is 16.3 Å². The van der Waals surface area contributed by atoms with Gasteiger partial charge in [-0.15, -0.1) is 0 Å². The van der Waals surface area contributed by atoms with E-state index in [-0.39, 0.29) is 12.1 Å². The van der Waals surface area contributed by atoms with Gasteiger partial charge in [-0.3, -0.25) is 4.90 Å². The fourth-order valence-corrected chi connectivity index (χ4v) is 3.83. The first-order valence-corrected chi connectivity index (χ1v) is 9.79. The smallest absolute Gasteiger partial charge is 0.312 e. The van der Waals surface area contributed by atoms with Crippen molar-refractivity contribution in [3.05, 3.63) is 48.4 Å². The molecule has 10 nitrogen and oxygen atoms in total. The molecule has 1 aromatic carbocycles. The summed E-state index contributed by atoms with van der Waals surface area (Å²) in [5.41, 5.74) is 14.3. The number of anilines is 2. The summed E-state index contributed by atoms with van der Waals surface area (Å²) in [4.78, 5) is 18.0. The van der Waals surface area contributed by atoms with Crippen LogP contribution < -0.4 is 26.8 Å². The average molecular weight is 410 g/mol. The van der Waals surface area contributed by atoms with Crippen LogP contribution in [0.5, 0.6) is 5.75 Å². The van der Waals surface area contributed by atoms with Crippen molar-refractivity contribution in [3.8, 4) is 5.75 Å². The van der Waals surface area contributed by atoms with Crippen molar-refractivity contribution >= 4 is 23.1 Å². The second kappa shape index (κ2) is 8.56. The molecule has 6 N–H and O–H groups in total. The molecule has 1 fully saturated rings. The zero-order chi connectivity index (χ0) is 21.1. The maximum Gasteiger partial charge on any atom is 0.312 e. The lowest BCUT2D eigenvalue weighted by Gasteiger charge is -2.36. The van der Waals surface area contributed by atoms with E-state index in [9.17, 15) is 4.79 Å².